The molecule has 0 fully saturated rings. The van der Waals surface area contributed by atoms with E-state index in [-0.39, 0.29) is 16.9 Å². The van der Waals surface area contributed by atoms with Gasteiger partial charge < -0.3 is 16.0 Å². The molecule has 0 spiro atoms. The Hall–Kier alpha value is -2.93. The van der Waals surface area contributed by atoms with Crippen molar-refractivity contribution in [3.8, 4) is 0 Å². The zero-order chi connectivity index (χ0) is 24.0. The van der Waals surface area contributed by atoms with Gasteiger partial charge in [0.1, 0.15) is 5.82 Å². The first-order valence-corrected chi connectivity index (χ1v) is 11.3. The van der Waals surface area contributed by atoms with Crippen LogP contribution in [0, 0.1) is 0 Å². The second kappa shape index (κ2) is 10.8. The molecule has 3 rings (SSSR count). The fourth-order valence-corrected chi connectivity index (χ4v) is 3.54. The zero-order valence-corrected chi connectivity index (χ0v) is 20.2. The van der Waals surface area contributed by atoms with Gasteiger partial charge >= 0.3 is 0 Å². The summed E-state index contributed by atoms with van der Waals surface area (Å²) in [5, 5.41) is 9.68. The minimum absolute atomic E-state index is 0.0673. The van der Waals surface area contributed by atoms with Crippen molar-refractivity contribution < 1.29 is 9.59 Å². The normalized spacial score (nSPS) is 11.2. The van der Waals surface area contributed by atoms with Crippen LogP contribution in [0.5, 0.6) is 0 Å². The standard InChI is InChI=1S/C25H26Cl2N4O2/c1-4-28-15-25(2,3)17-7-5-16(6-8-17)23(32)30-21-11-9-18(26)13-20(21)24(33)31-22-12-10-19(27)14-29-22/h5-14,28H,4,15H2,1-3H3,(H,30,32)(H,29,31,33). The van der Waals surface area contributed by atoms with Crippen molar-refractivity contribution in [2.24, 2.45) is 0 Å². The maximum absolute atomic E-state index is 12.9. The maximum Gasteiger partial charge on any atom is 0.258 e. The summed E-state index contributed by atoms with van der Waals surface area (Å²) in [6.45, 7) is 8.11. The first kappa shape index (κ1) is 24.7. The highest BCUT2D eigenvalue weighted by Crippen LogP contribution is 2.25. The van der Waals surface area contributed by atoms with Crippen molar-refractivity contribution >= 4 is 46.5 Å². The van der Waals surface area contributed by atoms with E-state index in [2.05, 4.69) is 41.7 Å². The molecule has 0 saturated carbocycles. The van der Waals surface area contributed by atoms with E-state index in [0.29, 0.717) is 27.1 Å². The molecule has 6 nitrogen and oxygen atoms in total. The van der Waals surface area contributed by atoms with Crippen LogP contribution in [0.25, 0.3) is 0 Å². The Morgan fingerprint density at radius 3 is 2.24 bits per heavy atom. The van der Waals surface area contributed by atoms with Crippen molar-refractivity contribution in [1.29, 1.82) is 0 Å². The van der Waals surface area contributed by atoms with Gasteiger partial charge in [0.05, 0.1) is 16.3 Å². The Labute approximate surface area is 203 Å². The molecule has 2 amide bonds. The minimum atomic E-state index is -0.455. The Kier molecular flexibility index (Phi) is 8.08. The molecule has 0 bridgehead atoms. The average Bonchev–Trinajstić information content (AvgIpc) is 2.80. The van der Waals surface area contributed by atoms with Crippen molar-refractivity contribution in [1.82, 2.24) is 10.3 Å². The number of rotatable bonds is 8. The van der Waals surface area contributed by atoms with Crippen LogP contribution in [0.15, 0.2) is 60.8 Å². The molecule has 1 heterocycles. The topological polar surface area (TPSA) is 83.1 Å². The Balaban J connectivity index is 1.77. The smallest absolute Gasteiger partial charge is 0.258 e. The Morgan fingerprint density at radius 2 is 1.61 bits per heavy atom. The highest BCUT2D eigenvalue weighted by molar-refractivity contribution is 6.31. The lowest BCUT2D eigenvalue weighted by molar-refractivity contribution is 0.102. The van der Waals surface area contributed by atoms with Crippen LogP contribution < -0.4 is 16.0 Å². The molecule has 0 unspecified atom stereocenters. The van der Waals surface area contributed by atoms with E-state index >= 15 is 0 Å². The second-order valence-electron chi connectivity index (χ2n) is 8.20. The van der Waals surface area contributed by atoms with E-state index in [9.17, 15) is 9.59 Å². The molecule has 2 aromatic carbocycles. The number of anilines is 2. The largest absolute Gasteiger partial charge is 0.321 e. The van der Waals surface area contributed by atoms with Gasteiger partial charge in [0.15, 0.2) is 0 Å². The SMILES string of the molecule is CCNCC(C)(C)c1ccc(C(=O)Nc2ccc(Cl)cc2C(=O)Nc2ccc(Cl)cn2)cc1. The molecular weight excluding hydrogens is 459 g/mol. The van der Waals surface area contributed by atoms with Gasteiger partial charge in [-0.3, -0.25) is 9.59 Å². The third kappa shape index (κ3) is 6.54. The number of carbonyl (C=O) groups is 2. The van der Waals surface area contributed by atoms with Crippen molar-refractivity contribution in [3.05, 3.63) is 87.5 Å². The summed E-state index contributed by atoms with van der Waals surface area (Å²) in [6.07, 6.45) is 1.43. The van der Waals surface area contributed by atoms with Crippen molar-refractivity contribution in [2.45, 2.75) is 26.2 Å². The highest BCUT2D eigenvalue weighted by Gasteiger charge is 2.21. The number of aromatic nitrogens is 1. The maximum atomic E-state index is 12.9. The van der Waals surface area contributed by atoms with Crippen LogP contribution in [0.3, 0.4) is 0 Å². The van der Waals surface area contributed by atoms with Crippen LogP contribution in [0.2, 0.25) is 10.0 Å². The Morgan fingerprint density at radius 1 is 0.909 bits per heavy atom. The number of carbonyl (C=O) groups excluding carboxylic acids is 2. The molecule has 172 valence electrons. The Bertz CT molecular complexity index is 1130. The van der Waals surface area contributed by atoms with E-state index in [4.69, 9.17) is 23.2 Å². The third-order valence-corrected chi connectivity index (χ3v) is 5.65. The molecule has 3 N–H and O–H groups in total. The van der Waals surface area contributed by atoms with Crippen molar-refractivity contribution in [2.75, 3.05) is 23.7 Å². The van der Waals surface area contributed by atoms with Gasteiger partial charge in [-0.1, -0.05) is 56.1 Å². The molecular formula is C25H26Cl2N4O2. The summed E-state index contributed by atoms with van der Waals surface area (Å²) in [7, 11) is 0. The van der Waals surface area contributed by atoms with E-state index in [1.54, 1.807) is 36.4 Å². The number of amides is 2. The number of likely N-dealkylation sites (N-methyl/N-ethyl adjacent to an activating group) is 1. The number of halogens is 2. The first-order chi connectivity index (χ1) is 15.7. The van der Waals surface area contributed by atoms with Crippen LogP contribution in [-0.4, -0.2) is 29.9 Å². The summed E-state index contributed by atoms with van der Waals surface area (Å²) in [6, 6.07) is 15.4. The zero-order valence-electron chi connectivity index (χ0n) is 18.7. The number of benzene rings is 2. The van der Waals surface area contributed by atoms with E-state index in [1.165, 1.54) is 12.3 Å². The van der Waals surface area contributed by atoms with Crippen LogP contribution >= 0.6 is 23.2 Å². The number of hydrogen-bond acceptors (Lipinski definition) is 4. The quantitative estimate of drug-likeness (QED) is 0.378. The molecule has 8 heteroatoms. The van der Waals surface area contributed by atoms with Gasteiger partial charge in [0, 0.05) is 28.7 Å². The van der Waals surface area contributed by atoms with Gasteiger partial charge in [-0.2, -0.15) is 0 Å². The second-order valence-corrected chi connectivity index (χ2v) is 9.07. The summed E-state index contributed by atoms with van der Waals surface area (Å²) in [5.74, 6) is -0.451. The summed E-state index contributed by atoms with van der Waals surface area (Å²) >= 11 is 11.9. The molecule has 0 aliphatic rings. The molecule has 0 aliphatic heterocycles. The summed E-state index contributed by atoms with van der Waals surface area (Å²) in [4.78, 5) is 29.8. The van der Waals surface area contributed by atoms with Crippen molar-refractivity contribution in [3.63, 3.8) is 0 Å². The van der Waals surface area contributed by atoms with Gasteiger partial charge in [-0.15, -0.1) is 0 Å². The highest BCUT2D eigenvalue weighted by atomic mass is 35.5. The lowest BCUT2D eigenvalue weighted by atomic mass is 9.84. The third-order valence-electron chi connectivity index (χ3n) is 5.19. The van der Waals surface area contributed by atoms with Crippen LogP contribution in [-0.2, 0) is 5.41 Å². The molecule has 0 saturated heterocycles. The number of hydrogen-bond donors (Lipinski definition) is 3. The fourth-order valence-electron chi connectivity index (χ4n) is 3.25. The van der Waals surface area contributed by atoms with Gasteiger partial charge in [-0.05, 0) is 54.6 Å². The van der Waals surface area contributed by atoms with E-state index in [0.717, 1.165) is 18.7 Å². The van der Waals surface area contributed by atoms with Crippen LogP contribution in [0.1, 0.15) is 47.1 Å². The van der Waals surface area contributed by atoms with Crippen LogP contribution in [0.4, 0.5) is 11.5 Å². The fraction of sp³-hybridized carbons (Fsp3) is 0.240. The first-order valence-electron chi connectivity index (χ1n) is 10.5. The summed E-state index contributed by atoms with van der Waals surface area (Å²) < 4.78 is 0. The monoisotopic (exact) mass is 484 g/mol. The van der Waals surface area contributed by atoms with Gasteiger partial charge in [0.2, 0.25) is 0 Å². The molecule has 3 aromatic rings. The minimum Gasteiger partial charge on any atom is -0.321 e. The molecule has 1 aromatic heterocycles. The number of pyridine rings is 1. The lowest BCUT2D eigenvalue weighted by Crippen LogP contribution is -2.32. The van der Waals surface area contributed by atoms with Gasteiger partial charge in [-0.25, -0.2) is 4.98 Å². The number of nitrogens with zero attached hydrogens (tertiary/aromatic N) is 1. The average molecular weight is 485 g/mol. The van der Waals surface area contributed by atoms with E-state index < -0.39 is 5.91 Å². The molecule has 0 atom stereocenters. The van der Waals surface area contributed by atoms with Gasteiger partial charge in [0.25, 0.3) is 11.8 Å². The summed E-state index contributed by atoms with van der Waals surface area (Å²) in [5.41, 5.74) is 2.10. The predicted molar refractivity (Wildman–Crippen MR) is 135 cm³/mol. The molecule has 0 aliphatic carbocycles. The molecule has 0 radical (unpaired) electrons. The predicted octanol–water partition coefficient (Wildman–Crippen LogP) is 5.78. The molecule has 33 heavy (non-hydrogen) atoms. The van der Waals surface area contributed by atoms with E-state index in [1.807, 2.05) is 12.1 Å². The number of nitrogens with one attached hydrogen (secondary N) is 3. The lowest BCUT2D eigenvalue weighted by Gasteiger charge is -2.25.